The van der Waals surface area contributed by atoms with Gasteiger partial charge in [0.15, 0.2) is 4.80 Å². The second-order valence-electron chi connectivity index (χ2n) is 6.19. The fraction of sp³-hybridized carbons (Fsp3) is 0.300. The maximum absolute atomic E-state index is 12.4. The maximum atomic E-state index is 12.4. The van der Waals surface area contributed by atoms with Gasteiger partial charge in [0, 0.05) is 16.5 Å². The van der Waals surface area contributed by atoms with Gasteiger partial charge in [-0.05, 0) is 67.8 Å². The predicted molar refractivity (Wildman–Crippen MR) is 112 cm³/mol. The normalized spacial score (nSPS) is 12.1. The van der Waals surface area contributed by atoms with Gasteiger partial charge in [-0.3, -0.25) is 4.79 Å². The molecular formula is C20H21ClN2OS2. The third-order valence-electron chi connectivity index (χ3n) is 4.14. The van der Waals surface area contributed by atoms with Crippen molar-refractivity contribution in [2.45, 2.75) is 38.6 Å². The summed E-state index contributed by atoms with van der Waals surface area (Å²) in [5, 5.41) is 0.696. The predicted octanol–water partition coefficient (Wildman–Crippen LogP) is 5.60. The number of fused-ring (bicyclic) bond motifs is 1. The number of aromatic nitrogens is 1. The summed E-state index contributed by atoms with van der Waals surface area (Å²) in [5.74, 6) is 0.204. The third kappa shape index (κ3) is 4.40. The lowest BCUT2D eigenvalue weighted by Crippen LogP contribution is -2.17. The Balaban J connectivity index is 1.88. The van der Waals surface area contributed by atoms with Crippen LogP contribution < -0.4 is 4.80 Å². The van der Waals surface area contributed by atoms with Crippen LogP contribution in [0.2, 0.25) is 5.02 Å². The first-order valence-corrected chi connectivity index (χ1v) is 10.7. The Bertz CT molecular complexity index is 1000. The van der Waals surface area contributed by atoms with Gasteiger partial charge < -0.3 is 4.57 Å². The van der Waals surface area contributed by atoms with Crippen LogP contribution in [0.15, 0.2) is 46.3 Å². The zero-order valence-corrected chi connectivity index (χ0v) is 17.5. The van der Waals surface area contributed by atoms with Gasteiger partial charge in [0.1, 0.15) is 0 Å². The summed E-state index contributed by atoms with van der Waals surface area (Å²) in [5.41, 5.74) is 3.69. The molecule has 26 heavy (non-hydrogen) atoms. The molecule has 0 bridgehead atoms. The second kappa shape index (κ2) is 8.42. The van der Waals surface area contributed by atoms with Gasteiger partial charge in [-0.25, -0.2) is 0 Å². The van der Waals surface area contributed by atoms with Crippen LogP contribution in [0.3, 0.4) is 0 Å². The first-order chi connectivity index (χ1) is 12.5. The molecule has 0 saturated carbocycles. The van der Waals surface area contributed by atoms with Crippen molar-refractivity contribution < 1.29 is 4.79 Å². The molecule has 0 radical (unpaired) electrons. The van der Waals surface area contributed by atoms with Gasteiger partial charge in [0.05, 0.1) is 16.0 Å². The molecule has 0 N–H and O–H groups in total. The highest BCUT2D eigenvalue weighted by atomic mass is 35.5. The van der Waals surface area contributed by atoms with E-state index in [1.165, 1.54) is 27.6 Å². The highest BCUT2D eigenvalue weighted by Crippen LogP contribution is 2.23. The van der Waals surface area contributed by atoms with Crippen LogP contribution in [-0.2, 0) is 11.3 Å². The smallest absolute Gasteiger partial charge is 0.258 e. The minimum atomic E-state index is -0.116. The molecule has 136 valence electrons. The largest absolute Gasteiger partial charge is 0.316 e. The summed E-state index contributed by atoms with van der Waals surface area (Å²) >= 11 is 8.96. The fourth-order valence-electron chi connectivity index (χ4n) is 2.66. The van der Waals surface area contributed by atoms with Crippen LogP contribution in [0.5, 0.6) is 0 Å². The lowest BCUT2D eigenvalue weighted by Gasteiger charge is -2.05. The Kier molecular flexibility index (Phi) is 6.22. The summed E-state index contributed by atoms with van der Waals surface area (Å²) < 4.78 is 3.34. The molecule has 0 spiro atoms. The summed E-state index contributed by atoms with van der Waals surface area (Å²) in [6.45, 7) is 7.23. The average molecular weight is 405 g/mol. The summed E-state index contributed by atoms with van der Waals surface area (Å²) in [4.78, 5) is 18.6. The van der Waals surface area contributed by atoms with Crippen molar-refractivity contribution in [1.82, 2.24) is 4.57 Å². The van der Waals surface area contributed by atoms with E-state index in [2.05, 4.69) is 42.5 Å². The summed E-state index contributed by atoms with van der Waals surface area (Å²) in [7, 11) is 0. The van der Waals surface area contributed by atoms with Gasteiger partial charge in [-0.2, -0.15) is 4.99 Å². The molecular weight excluding hydrogens is 384 g/mol. The Morgan fingerprint density at radius 3 is 2.58 bits per heavy atom. The highest BCUT2D eigenvalue weighted by molar-refractivity contribution is 8.00. The summed E-state index contributed by atoms with van der Waals surface area (Å²) in [6.07, 6.45) is 1.000. The number of nitrogens with zero attached hydrogens (tertiary/aromatic N) is 2. The van der Waals surface area contributed by atoms with Crippen LogP contribution in [-0.4, -0.2) is 16.2 Å². The molecule has 3 rings (SSSR count). The van der Waals surface area contributed by atoms with E-state index in [9.17, 15) is 4.79 Å². The molecule has 1 amide bonds. The van der Waals surface area contributed by atoms with E-state index in [1.807, 2.05) is 24.3 Å². The molecule has 0 aliphatic carbocycles. The summed E-state index contributed by atoms with van der Waals surface area (Å²) in [6, 6.07) is 11.9. The number of aryl methyl sites for hydroxylation is 3. The van der Waals surface area contributed by atoms with E-state index in [0.717, 1.165) is 28.2 Å². The zero-order valence-electron chi connectivity index (χ0n) is 15.1. The van der Waals surface area contributed by atoms with Crippen LogP contribution in [0.25, 0.3) is 10.2 Å². The topological polar surface area (TPSA) is 34.4 Å². The Morgan fingerprint density at radius 2 is 1.88 bits per heavy atom. The van der Waals surface area contributed by atoms with E-state index < -0.39 is 0 Å². The van der Waals surface area contributed by atoms with Crippen LogP contribution in [0, 0.1) is 13.8 Å². The van der Waals surface area contributed by atoms with Crippen molar-refractivity contribution in [3.05, 3.63) is 57.3 Å². The molecule has 3 aromatic rings. The molecule has 0 aliphatic rings. The van der Waals surface area contributed by atoms with Crippen molar-refractivity contribution in [2.24, 2.45) is 4.99 Å². The minimum Gasteiger partial charge on any atom is -0.316 e. The lowest BCUT2D eigenvalue weighted by molar-refractivity contribution is -0.115. The monoisotopic (exact) mass is 404 g/mol. The fourth-order valence-corrected chi connectivity index (χ4v) is 4.62. The molecule has 0 fully saturated rings. The van der Waals surface area contributed by atoms with Crippen molar-refractivity contribution in [1.29, 1.82) is 0 Å². The van der Waals surface area contributed by atoms with Crippen molar-refractivity contribution in [3.8, 4) is 0 Å². The Labute approximate surface area is 166 Å². The van der Waals surface area contributed by atoms with E-state index >= 15 is 0 Å². The molecule has 3 nitrogen and oxygen atoms in total. The van der Waals surface area contributed by atoms with E-state index in [4.69, 9.17) is 11.6 Å². The number of hydrogen-bond acceptors (Lipinski definition) is 3. The van der Waals surface area contributed by atoms with Crippen LogP contribution >= 0.6 is 34.7 Å². The van der Waals surface area contributed by atoms with E-state index in [-0.39, 0.29) is 5.91 Å². The van der Waals surface area contributed by atoms with Gasteiger partial charge in [0.25, 0.3) is 5.91 Å². The van der Waals surface area contributed by atoms with Gasteiger partial charge in [0.2, 0.25) is 0 Å². The molecule has 0 saturated heterocycles. The van der Waals surface area contributed by atoms with Gasteiger partial charge >= 0.3 is 0 Å². The number of thioether (sulfide) groups is 1. The second-order valence-corrected chi connectivity index (χ2v) is 8.68. The van der Waals surface area contributed by atoms with Gasteiger partial charge in [-0.15, -0.1) is 11.8 Å². The quantitative estimate of drug-likeness (QED) is 0.518. The Hall–Kier alpha value is -1.56. The minimum absolute atomic E-state index is 0.116. The number of carbonyl (C=O) groups excluding carboxylic acids is 1. The highest BCUT2D eigenvalue weighted by Gasteiger charge is 2.09. The van der Waals surface area contributed by atoms with Crippen molar-refractivity contribution >= 4 is 50.8 Å². The van der Waals surface area contributed by atoms with Crippen LogP contribution in [0.1, 0.15) is 24.5 Å². The zero-order chi connectivity index (χ0) is 18.7. The number of thiazole rings is 1. The Morgan fingerprint density at radius 1 is 1.19 bits per heavy atom. The molecule has 1 aromatic heterocycles. The first-order valence-electron chi connectivity index (χ1n) is 8.54. The number of hydrogen-bond donors (Lipinski definition) is 0. The number of carbonyl (C=O) groups is 1. The van der Waals surface area contributed by atoms with Gasteiger partial charge in [-0.1, -0.05) is 29.9 Å². The average Bonchev–Trinajstić information content (AvgIpc) is 2.92. The first kappa shape index (κ1) is 19.2. The standard InChI is InChI=1S/C20H21ClN2OS2/c1-4-9-23-17-10-13(2)14(3)11-18(17)26-20(23)22-19(24)12-25-16-7-5-15(21)6-8-16/h5-8,10-11H,4,9,12H2,1-3H3. The van der Waals surface area contributed by atoms with Crippen LogP contribution in [0.4, 0.5) is 0 Å². The maximum Gasteiger partial charge on any atom is 0.258 e. The van der Waals surface area contributed by atoms with Crippen molar-refractivity contribution in [2.75, 3.05) is 5.75 Å². The molecule has 0 unspecified atom stereocenters. The third-order valence-corrected chi connectivity index (χ3v) is 6.43. The molecule has 1 heterocycles. The molecule has 2 aromatic carbocycles. The lowest BCUT2D eigenvalue weighted by atomic mass is 10.1. The SMILES string of the molecule is CCCn1c(=NC(=O)CSc2ccc(Cl)cc2)sc2cc(C)c(C)cc21. The number of halogens is 1. The molecule has 6 heteroatoms. The van der Waals surface area contributed by atoms with E-state index in [1.54, 1.807) is 11.3 Å². The number of rotatable bonds is 5. The number of benzene rings is 2. The van der Waals surface area contributed by atoms with E-state index in [0.29, 0.717) is 10.8 Å². The van der Waals surface area contributed by atoms with Crippen molar-refractivity contribution in [3.63, 3.8) is 0 Å². The molecule has 0 aliphatic heterocycles. The number of amides is 1. The molecule has 0 atom stereocenters.